The molecular weight excluding hydrogens is 222 g/mol. The van der Waals surface area contributed by atoms with E-state index >= 15 is 0 Å². The zero-order chi connectivity index (χ0) is 10.8. The first-order chi connectivity index (χ1) is 7.89. The fourth-order valence-corrected chi connectivity index (χ4v) is 2.84. The number of imidazole rings is 1. The Hall–Kier alpha value is -1.62. The smallest absolute Gasteiger partial charge is 0.121 e. The minimum Gasteiger partial charge on any atom is -0.472 e. The first-order valence-corrected chi connectivity index (χ1v) is 5.87. The Morgan fingerprint density at radius 1 is 1.50 bits per heavy atom. The summed E-state index contributed by atoms with van der Waals surface area (Å²) in [4.78, 5) is 7.00. The van der Waals surface area contributed by atoms with E-state index in [0.717, 1.165) is 17.7 Å². The number of nitrogens with zero attached hydrogens (tertiary/aromatic N) is 1. The minimum absolute atomic E-state index is 0.167. The molecule has 0 saturated carbocycles. The molecule has 0 fully saturated rings. The minimum atomic E-state index is -0.167. The van der Waals surface area contributed by atoms with Crippen LogP contribution < -0.4 is 5.32 Å². The van der Waals surface area contributed by atoms with Crippen LogP contribution in [0.1, 0.15) is 11.3 Å². The zero-order valence-electron chi connectivity index (χ0n) is 8.51. The monoisotopic (exact) mass is 233 g/mol. The summed E-state index contributed by atoms with van der Waals surface area (Å²) in [6, 6.07) is 1.99. The third kappa shape index (κ3) is 1.53. The van der Waals surface area contributed by atoms with Crippen LogP contribution in [0.25, 0.3) is 0 Å². The van der Waals surface area contributed by atoms with Crippen LogP contribution in [0.3, 0.4) is 0 Å². The normalized spacial score (nSPS) is 23.5. The van der Waals surface area contributed by atoms with Gasteiger partial charge < -0.3 is 14.7 Å². The third-order valence-electron chi connectivity index (χ3n) is 2.64. The van der Waals surface area contributed by atoms with Gasteiger partial charge in [-0.3, -0.25) is 0 Å². The quantitative estimate of drug-likeness (QED) is 0.853. The summed E-state index contributed by atoms with van der Waals surface area (Å²) < 4.78 is 5.16. The van der Waals surface area contributed by atoms with Crippen LogP contribution >= 0.6 is 11.8 Å². The Kier molecular flexibility index (Phi) is 2.25. The lowest BCUT2D eigenvalue weighted by molar-refractivity contribution is 0.528. The molecular formula is C11H11N3OS. The first-order valence-electron chi connectivity index (χ1n) is 4.99. The average Bonchev–Trinajstić information content (AvgIpc) is 3.00. The van der Waals surface area contributed by atoms with Crippen molar-refractivity contribution in [2.75, 3.05) is 0 Å². The molecule has 0 aliphatic carbocycles. The van der Waals surface area contributed by atoms with Crippen LogP contribution in [0, 0.1) is 0 Å². The van der Waals surface area contributed by atoms with E-state index in [-0.39, 0.29) is 4.87 Å². The van der Waals surface area contributed by atoms with Crippen molar-refractivity contribution < 1.29 is 4.42 Å². The van der Waals surface area contributed by atoms with E-state index in [2.05, 4.69) is 20.7 Å². The number of aromatic amines is 1. The van der Waals surface area contributed by atoms with Crippen LogP contribution in [0.15, 0.2) is 47.1 Å². The Labute approximate surface area is 97.1 Å². The number of H-pyrrole nitrogens is 1. The maximum Gasteiger partial charge on any atom is 0.121 e. The molecule has 0 aromatic carbocycles. The van der Waals surface area contributed by atoms with E-state index in [1.165, 1.54) is 0 Å². The lowest BCUT2D eigenvalue weighted by Gasteiger charge is -2.27. The number of hydrogen-bond donors (Lipinski definition) is 2. The molecule has 0 saturated heterocycles. The van der Waals surface area contributed by atoms with Gasteiger partial charge >= 0.3 is 0 Å². The van der Waals surface area contributed by atoms with Crippen molar-refractivity contribution in [3.63, 3.8) is 0 Å². The van der Waals surface area contributed by atoms with Crippen molar-refractivity contribution in [2.24, 2.45) is 0 Å². The second-order valence-electron chi connectivity index (χ2n) is 3.66. The fraction of sp³-hybridized carbons (Fsp3) is 0.182. The molecule has 4 nitrogen and oxygen atoms in total. The van der Waals surface area contributed by atoms with Gasteiger partial charge in [-0.05, 0) is 11.5 Å². The van der Waals surface area contributed by atoms with Crippen molar-refractivity contribution in [3.05, 3.63) is 54.0 Å². The van der Waals surface area contributed by atoms with Crippen LogP contribution in [0.2, 0.25) is 0 Å². The molecule has 3 rings (SSSR count). The third-order valence-corrected chi connectivity index (χ3v) is 3.81. The van der Waals surface area contributed by atoms with Gasteiger partial charge in [0.2, 0.25) is 0 Å². The largest absolute Gasteiger partial charge is 0.472 e. The van der Waals surface area contributed by atoms with E-state index in [0.29, 0.717) is 0 Å². The predicted octanol–water partition coefficient (Wildman–Crippen LogP) is 2.21. The van der Waals surface area contributed by atoms with Gasteiger partial charge in [0.1, 0.15) is 4.87 Å². The summed E-state index contributed by atoms with van der Waals surface area (Å²) in [6.07, 6.45) is 9.83. The van der Waals surface area contributed by atoms with E-state index in [9.17, 15) is 0 Å². The molecule has 1 aliphatic rings. The van der Waals surface area contributed by atoms with E-state index in [4.69, 9.17) is 4.42 Å². The van der Waals surface area contributed by atoms with Crippen molar-refractivity contribution in [3.8, 4) is 0 Å². The molecule has 0 bridgehead atoms. The number of nitrogens with one attached hydrogen (secondary N) is 2. The lowest BCUT2D eigenvalue weighted by Crippen LogP contribution is -2.34. The highest BCUT2D eigenvalue weighted by atomic mass is 32.2. The summed E-state index contributed by atoms with van der Waals surface area (Å²) in [7, 11) is 0. The van der Waals surface area contributed by atoms with Gasteiger partial charge in [-0.15, -0.1) is 0 Å². The van der Waals surface area contributed by atoms with Gasteiger partial charge in [-0.2, -0.15) is 0 Å². The number of hydrogen-bond acceptors (Lipinski definition) is 4. The van der Waals surface area contributed by atoms with Crippen LogP contribution in [-0.2, 0) is 11.3 Å². The number of thioether (sulfide) groups is 1. The summed E-state index contributed by atoms with van der Waals surface area (Å²) >= 11 is 1.75. The lowest BCUT2D eigenvalue weighted by atomic mass is 10.0. The van der Waals surface area contributed by atoms with E-state index in [1.54, 1.807) is 30.6 Å². The second-order valence-corrected chi connectivity index (χ2v) is 4.86. The maximum atomic E-state index is 5.16. The Morgan fingerprint density at radius 2 is 2.50 bits per heavy atom. The molecule has 1 atom stereocenters. The van der Waals surface area contributed by atoms with Gasteiger partial charge in [-0.1, -0.05) is 11.8 Å². The molecule has 2 aromatic heterocycles. The number of rotatable bonds is 3. The topological polar surface area (TPSA) is 53.9 Å². The molecule has 0 spiro atoms. The van der Waals surface area contributed by atoms with Gasteiger partial charge in [-0.25, -0.2) is 4.98 Å². The highest BCUT2D eigenvalue weighted by molar-refractivity contribution is 8.03. The van der Waals surface area contributed by atoms with E-state index < -0.39 is 0 Å². The maximum absolute atomic E-state index is 5.16. The van der Waals surface area contributed by atoms with Crippen LogP contribution in [0.5, 0.6) is 0 Å². The summed E-state index contributed by atoms with van der Waals surface area (Å²) in [5.41, 5.74) is 2.24. The molecule has 2 N–H and O–H groups in total. The molecule has 2 aromatic rings. The molecule has 0 radical (unpaired) electrons. The highest BCUT2D eigenvalue weighted by Gasteiger charge is 2.35. The molecule has 1 unspecified atom stereocenters. The standard InChI is InChI=1S/C11H11N3OS/c1-3-15-7-9(1)11(14-2-4-16-11)5-10-6-12-8-13-10/h1-4,6-8,14H,5H2,(H,12,13). The average molecular weight is 233 g/mol. The summed E-state index contributed by atoms with van der Waals surface area (Å²) in [5, 5.41) is 5.44. The number of furan rings is 1. The summed E-state index contributed by atoms with van der Waals surface area (Å²) in [6.45, 7) is 0. The molecule has 1 aliphatic heterocycles. The highest BCUT2D eigenvalue weighted by Crippen LogP contribution is 2.40. The second kappa shape index (κ2) is 3.75. The zero-order valence-corrected chi connectivity index (χ0v) is 9.33. The predicted molar refractivity (Wildman–Crippen MR) is 62.5 cm³/mol. The van der Waals surface area contributed by atoms with Gasteiger partial charge in [0.05, 0.1) is 18.9 Å². The molecule has 3 heterocycles. The Morgan fingerprint density at radius 3 is 3.12 bits per heavy atom. The van der Waals surface area contributed by atoms with Crippen molar-refractivity contribution >= 4 is 11.8 Å². The fourth-order valence-electron chi connectivity index (χ4n) is 1.84. The molecule has 16 heavy (non-hydrogen) atoms. The van der Waals surface area contributed by atoms with E-state index in [1.807, 2.05) is 18.5 Å². The molecule has 82 valence electrons. The summed E-state index contributed by atoms with van der Waals surface area (Å²) in [5.74, 6) is 0. The van der Waals surface area contributed by atoms with Crippen molar-refractivity contribution in [1.82, 2.24) is 15.3 Å². The van der Waals surface area contributed by atoms with Crippen molar-refractivity contribution in [2.45, 2.75) is 11.3 Å². The Balaban J connectivity index is 1.92. The Bertz CT molecular complexity index is 467. The van der Waals surface area contributed by atoms with Gasteiger partial charge in [0, 0.05) is 30.1 Å². The molecule has 5 heteroatoms. The van der Waals surface area contributed by atoms with Crippen LogP contribution in [-0.4, -0.2) is 9.97 Å². The molecule has 0 amide bonds. The van der Waals surface area contributed by atoms with Crippen LogP contribution in [0.4, 0.5) is 0 Å². The first kappa shape index (κ1) is 9.59. The van der Waals surface area contributed by atoms with Crippen molar-refractivity contribution in [1.29, 1.82) is 0 Å². The number of aromatic nitrogens is 2. The SMILES string of the molecule is C1=CSC(Cc2cnc[nH]2)(c2ccoc2)N1. The van der Waals surface area contributed by atoms with Gasteiger partial charge in [0.25, 0.3) is 0 Å². The van der Waals surface area contributed by atoms with Gasteiger partial charge in [0.15, 0.2) is 0 Å².